The average molecular weight is 824 g/mol. The van der Waals surface area contributed by atoms with Gasteiger partial charge in [-0.25, -0.2) is 19.4 Å². The molecule has 5 rings (SSSR count). The van der Waals surface area contributed by atoms with E-state index in [-0.39, 0.29) is 33.0 Å². The van der Waals surface area contributed by atoms with Gasteiger partial charge in [-0.1, -0.05) is 16.5 Å². The summed E-state index contributed by atoms with van der Waals surface area (Å²) in [7, 11) is 3.57. The fraction of sp³-hybridized carbons (Fsp3) is 0.455. The van der Waals surface area contributed by atoms with E-state index in [1.807, 2.05) is 0 Å². The standard InChI is InChI=1S/C33H38FN7O15S/c1-12-19(37-26(45)20(39-56-33(2,3)4)17-9-36-31(35)57-17)27(46)41(12)55-30(48)18-13(8-15(50-5)23(51-6)24(18)52-7)29(47)53-11-16-21(42)22(43)28(54-16)40-10-14(34)25(44)38-32(40)49/h8-10,12,16,19,21-22,28,42-43H,11H2,1-7H3,(H2,35,36)(H,37,45)(H,38,44,49)/b39-20+/t12-,16?,19?,21?,22?,28?/m0/s1. The van der Waals surface area contributed by atoms with Crippen molar-refractivity contribution in [2.24, 2.45) is 5.16 Å². The average Bonchev–Trinajstić information content (AvgIpc) is 3.72. The Labute approximate surface area is 324 Å². The molecule has 24 heteroatoms. The number of carbonyl (C=O) groups excluding carboxylic acids is 4. The molecular weight excluding hydrogens is 785 g/mol. The molecule has 0 saturated carbocycles. The van der Waals surface area contributed by atoms with E-state index in [0.717, 1.165) is 24.5 Å². The predicted octanol–water partition coefficient (Wildman–Crippen LogP) is -0.777. The van der Waals surface area contributed by atoms with Crippen molar-refractivity contribution < 1.29 is 67.1 Å². The van der Waals surface area contributed by atoms with Gasteiger partial charge in [0.25, 0.3) is 17.4 Å². The summed E-state index contributed by atoms with van der Waals surface area (Å²) in [6.45, 7) is 5.77. The van der Waals surface area contributed by atoms with E-state index in [1.54, 1.807) is 25.8 Å². The van der Waals surface area contributed by atoms with E-state index in [9.17, 15) is 43.4 Å². The van der Waals surface area contributed by atoms with Gasteiger partial charge >= 0.3 is 17.6 Å². The lowest BCUT2D eigenvalue weighted by Crippen LogP contribution is -2.70. The molecule has 6 N–H and O–H groups in total. The van der Waals surface area contributed by atoms with Gasteiger partial charge in [0, 0.05) is 6.20 Å². The summed E-state index contributed by atoms with van der Waals surface area (Å²) in [4.78, 5) is 94.5. The molecule has 22 nitrogen and oxygen atoms in total. The number of anilines is 1. The van der Waals surface area contributed by atoms with Crippen molar-refractivity contribution >= 4 is 45.9 Å². The minimum Gasteiger partial charge on any atom is -0.493 e. The molecule has 57 heavy (non-hydrogen) atoms. The van der Waals surface area contributed by atoms with Crippen LogP contribution in [0.5, 0.6) is 17.2 Å². The van der Waals surface area contributed by atoms with Crippen LogP contribution in [0.3, 0.4) is 0 Å². The molecule has 1 aromatic carbocycles. The molecule has 2 aliphatic heterocycles. The van der Waals surface area contributed by atoms with Gasteiger partial charge in [0.15, 0.2) is 28.6 Å². The van der Waals surface area contributed by atoms with Gasteiger partial charge in [-0.15, -0.1) is 0 Å². The number of amides is 2. The van der Waals surface area contributed by atoms with Crippen molar-refractivity contribution in [1.82, 2.24) is 24.9 Å². The number of nitrogens with two attached hydrogens (primary N) is 1. The first-order chi connectivity index (χ1) is 26.8. The number of aromatic amines is 1. The monoisotopic (exact) mass is 823 g/mol. The normalized spacial score (nSPS) is 22.0. The Hall–Kier alpha value is -6.11. The number of ether oxygens (including phenoxy) is 5. The number of halogens is 1. The second-order valence-corrected chi connectivity index (χ2v) is 14.4. The number of nitrogen functional groups attached to an aromatic ring is 1. The summed E-state index contributed by atoms with van der Waals surface area (Å²) < 4.78 is 41.3. The number of aliphatic hydroxyl groups is 2. The molecular formula is C33H38FN7O15S. The van der Waals surface area contributed by atoms with Gasteiger partial charge in [-0.05, 0) is 33.8 Å². The predicted molar refractivity (Wildman–Crippen MR) is 191 cm³/mol. The van der Waals surface area contributed by atoms with Gasteiger partial charge in [0.1, 0.15) is 42.1 Å². The fourth-order valence-corrected chi connectivity index (χ4v) is 6.20. The lowest BCUT2D eigenvalue weighted by molar-refractivity contribution is -0.208. The molecule has 0 radical (unpaired) electrons. The zero-order valence-electron chi connectivity index (χ0n) is 31.3. The number of hydrogen-bond acceptors (Lipinski definition) is 19. The van der Waals surface area contributed by atoms with E-state index >= 15 is 0 Å². The summed E-state index contributed by atoms with van der Waals surface area (Å²) in [5.74, 6) is -6.31. The van der Waals surface area contributed by atoms with Crippen molar-refractivity contribution in [1.29, 1.82) is 0 Å². The van der Waals surface area contributed by atoms with E-state index in [1.165, 1.54) is 27.3 Å². The number of β-lactam (4-membered cyclic amide) rings is 1. The van der Waals surface area contributed by atoms with Crippen molar-refractivity contribution in [3.63, 3.8) is 0 Å². The molecule has 2 fully saturated rings. The molecule has 2 amide bonds. The maximum atomic E-state index is 13.9. The van der Waals surface area contributed by atoms with Gasteiger partial charge < -0.3 is 54.6 Å². The quantitative estimate of drug-likeness (QED) is 0.0612. The molecule has 5 unspecified atom stereocenters. The molecule has 2 saturated heterocycles. The maximum Gasteiger partial charge on any atom is 0.368 e. The third kappa shape index (κ3) is 8.52. The number of aliphatic hydroxyl groups excluding tert-OH is 2. The van der Waals surface area contributed by atoms with Crippen LogP contribution in [0.1, 0.15) is 59.5 Å². The second-order valence-electron chi connectivity index (χ2n) is 13.3. The topological polar surface area (TPSA) is 295 Å². The number of carbonyl (C=O) groups is 4. The number of benzene rings is 1. The van der Waals surface area contributed by atoms with Crippen molar-refractivity contribution in [3.05, 3.63) is 61.1 Å². The Kier molecular flexibility index (Phi) is 12.2. The largest absolute Gasteiger partial charge is 0.493 e. The van der Waals surface area contributed by atoms with Crippen LogP contribution >= 0.6 is 11.3 Å². The summed E-state index contributed by atoms with van der Waals surface area (Å²) in [5.41, 5.74) is 1.10. The first-order valence-corrected chi connectivity index (χ1v) is 17.5. The van der Waals surface area contributed by atoms with Crippen LogP contribution in [-0.4, -0.2) is 123 Å². The summed E-state index contributed by atoms with van der Waals surface area (Å²) >= 11 is 0.955. The molecule has 308 valence electrons. The third-order valence-electron chi connectivity index (χ3n) is 8.35. The Balaban J connectivity index is 1.35. The van der Waals surface area contributed by atoms with E-state index < -0.39 is 101 Å². The number of hydrogen-bond donors (Lipinski definition) is 5. The number of oxime groups is 1. The number of H-pyrrole nitrogens is 1. The van der Waals surface area contributed by atoms with Crippen molar-refractivity contribution in [3.8, 4) is 17.2 Å². The summed E-state index contributed by atoms with van der Waals surface area (Å²) in [6.07, 6.45) is -5.09. The Bertz CT molecular complexity index is 2220. The molecule has 0 bridgehead atoms. The number of hydroxylamine groups is 2. The maximum absolute atomic E-state index is 13.9. The number of esters is 1. The molecule has 4 heterocycles. The highest BCUT2D eigenvalue weighted by Gasteiger charge is 2.50. The molecule has 0 aliphatic carbocycles. The molecule has 2 aromatic heterocycles. The fourth-order valence-electron chi connectivity index (χ4n) is 5.53. The smallest absolute Gasteiger partial charge is 0.368 e. The first kappa shape index (κ1) is 42.0. The number of thiazole rings is 1. The van der Waals surface area contributed by atoms with Gasteiger partial charge in [-0.2, -0.15) is 9.45 Å². The van der Waals surface area contributed by atoms with Crippen LogP contribution in [0.15, 0.2) is 33.2 Å². The van der Waals surface area contributed by atoms with Crippen LogP contribution in [0, 0.1) is 5.82 Å². The Morgan fingerprint density at radius 2 is 1.77 bits per heavy atom. The molecule has 6 atom stereocenters. The lowest BCUT2D eigenvalue weighted by Gasteiger charge is -2.42. The van der Waals surface area contributed by atoms with Crippen LogP contribution in [0.25, 0.3) is 0 Å². The number of rotatable bonds is 13. The van der Waals surface area contributed by atoms with Gasteiger partial charge in [0.2, 0.25) is 11.6 Å². The van der Waals surface area contributed by atoms with Crippen LogP contribution in [0.4, 0.5) is 9.52 Å². The lowest BCUT2D eigenvalue weighted by atomic mass is 9.99. The van der Waals surface area contributed by atoms with Crippen molar-refractivity contribution in [2.75, 3.05) is 33.7 Å². The number of nitrogens with one attached hydrogen (secondary N) is 2. The number of aromatic nitrogens is 3. The highest BCUT2D eigenvalue weighted by Crippen LogP contribution is 2.43. The molecule has 2 aliphatic rings. The summed E-state index contributed by atoms with van der Waals surface area (Å²) in [5, 5.41) is 28.4. The van der Waals surface area contributed by atoms with Crippen LogP contribution in [0.2, 0.25) is 0 Å². The SMILES string of the molecule is COc1cc(C(=O)OCC2OC(n3cc(F)c(=O)[nH]c3=O)C(O)C2O)c(C(=O)ON2C(=O)C(NC(=O)/C(=N/OC(C)(C)C)c3cnc(N)s3)[C@@H]2C)c(OC)c1OC. The Morgan fingerprint density at radius 3 is 2.35 bits per heavy atom. The van der Waals surface area contributed by atoms with Crippen LogP contribution in [-0.2, 0) is 28.7 Å². The van der Waals surface area contributed by atoms with Crippen LogP contribution < -0.4 is 36.5 Å². The minimum atomic E-state index is -1.85. The zero-order chi connectivity index (χ0) is 42.1. The minimum absolute atomic E-state index is 0.114. The van der Waals surface area contributed by atoms with E-state index in [4.69, 9.17) is 39.1 Å². The first-order valence-electron chi connectivity index (χ1n) is 16.7. The summed E-state index contributed by atoms with van der Waals surface area (Å²) in [6, 6.07) is -1.14. The van der Waals surface area contributed by atoms with Gasteiger partial charge in [0.05, 0.1) is 44.0 Å². The highest BCUT2D eigenvalue weighted by atomic mass is 32.1. The molecule has 3 aromatic rings. The Morgan fingerprint density at radius 1 is 1.09 bits per heavy atom. The van der Waals surface area contributed by atoms with Crippen molar-refractivity contribution in [2.45, 2.75) is 69.9 Å². The highest BCUT2D eigenvalue weighted by molar-refractivity contribution is 7.18. The van der Waals surface area contributed by atoms with E-state index in [0.29, 0.717) is 15.8 Å². The van der Waals surface area contributed by atoms with Gasteiger partial charge in [-0.3, -0.25) is 23.9 Å². The zero-order valence-corrected chi connectivity index (χ0v) is 32.1. The second kappa shape index (κ2) is 16.5. The van der Waals surface area contributed by atoms with E-state index in [2.05, 4.69) is 15.5 Å². The number of methoxy groups -OCH3 is 3. The molecule has 0 spiro atoms. The number of nitrogens with zero attached hydrogens (tertiary/aromatic N) is 4. The third-order valence-corrected chi connectivity index (χ3v) is 9.19.